The van der Waals surface area contributed by atoms with Gasteiger partial charge >= 0.3 is 0 Å². The zero-order valence-electron chi connectivity index (χ0n) is 7.65. The van der Waals surface area contributed by atoms with Gasteiger partial charge in [-0.3, -0.25) is 5.43 Å². The lowest BCUT2D eigenvalue weighted by molar-refractivity contribution is 1.32. The van der Waals surface area contributed by atoms with E-state index in [0.717, 1.165) is 11.3 Å². The van der Waals surface area contributed by atoms with E-state index in [1.807, 2.05) is 31.2 Å². The molecule has 1 aromatic rings. The Hall–Kier alpha value is -2.33. The van der Waals surface area contributed by atoms with Gasteiger partial charge in [-0.2, -0.15) is 15.6 Å². The monoisotopic (exact) mass is 184 g/mol. The lowest BCUT2D eigenvalue weighted by Gasteiger charge is -1.99. The molecule has 0 atom stereocenters. The van der Waals surface area contributed by atoms with Crippen LogP contribution in [0.15, 0.2) is 29.4 Å². The van der Waals surface area contributed by atoms with Gasteiger partial charge in [0.15, 0.2) is 0 Å². The zero-order chi connectivity index (χ0) is 10.4. The molecule has 1 N–H and O–H groups in total. The highest BCUT2D eigenvalue weighted by molar-refractivity contribution is 6.10. The fourth-order valence-corrected chi connectivity index (χ4v) is 0.910. The number of nitrogens with zero attached hydrogens (tertiary/aromatic N) is 3. The quantitative estimate of drug-likeness (QED) is 0.562. The molecule has 0 aliphatic carbocycles. The average molecular weight is 184 g/mol. The summed E-state index contributed by atoms with van der Waals surface area (Å²) >= 11 is 0. The third kappa shape index (κ3) is 2.62. The highest BCUT2D eigenvalue weighted by atomic mass is 15.3. The Balaban J connectivity index is 2.77. The third-order valence-corrected chi connectivity index (χ3v) is 1.53. The van der Waals surface area contributed by atoms with Crippen molar-refractivity contribution in [3.63, 3.8) is 0 Å². The molecular weight excluding hydrogens is 176 g/mol. The molecule has 0 aromatic heterocycles. The van der Waals surface area contributed by atoms with E-state index in [1.165, 1.54) is 0 Å². The van der Waals surface area contributed by atoms with E-state index in [-0.39, 0.29) is 5.71 Å². The van der Waals surface area contributed by atoms with Crippen molar-refractivity contribution in [2.24, 2.45) is 5.10 Å². The first-order valence-electron chi connectivity index (χ1n) is 3.97. The molecule has 0 spiro atoms. The van der Waals surface area contributed by atoms with E-state index >= 15 is 0 Å². The second kappa shape index (κ2) is 4.64. The summed E-state index contributed by atoms with van der Waals surface area (Å²) in [5.41, 5.74) is 4.28. The minimum absolute atomic E-state index is 0.188. The molecule has 0 aliphatic rings. The summed E-state index contributed by atoms with van der Waals surface area (Å²) in [6.07, 6.45) is 0. The summed E-state index contributed by atoms with van der Waals surface area (Å²) in [5, 5.41) is 20.4. The summed E-state index contributed by atoms with van der Waals surface area (Å²) < 4.78 is 0. The van der Waals surface area contributed by atoms with Crippen molar-refractivity contribution < 1.29 is 0 Å². The first kappa shape index (κ1) is 9.76. The maximum atomic E-state index is 8.42. The number of benzene rings is 1. The van der Waals surface area contributed by atoms with Gasteiger partial charge < -0.3 is 0 Å². The van der Waals surface area contributed by atoms with E-state index in [9.17, 15) is 0 Å². The maximum Gasteiger partial charge on any atom is 0.237 e. The number of aryl methyl sites for hydroxylation is 1. The van der Waals surface area contributed by atoms with Gasteiger partial charge in [-0.1, -0.05) is 12.1 Å². The molecule has 68 valence electrons. The SMILES string of the molecule is Cc1cccc(NN=C(C#N)C#N)c1. The maximum absolute atomic E-state index is 8.42. The predicted octanol–water partition coefficient (Wildman–Crippen LogP) is 1.81. The molecule has 14 heavy (non-hydrogen) atoms. The Morgan fingerprint density at radius 1 is 1.36 bits per heavy atom. The van der Waals surface area contributed by atoms with Gasteiger partial charge in [0.1, 0.15) is 12.1 Å². The van der Waals surface area contributed by atoms with Gasteiger partial charge in [-0.05, 0) is 24.6 Å². The lowest BCUT2D eigenvalue weighted by Crippen LogP contribution is -1.96. The molecule has 0 saturated heterocycles. The Bertz CT molecular complexity index is 418. The van der Waals surface area contributed by atoms with Gasteiger partial charge in [0.05, 0.1) is 5.69 Å². The summed E-state index contributed by atoms with van der Waals surface area (Å²) in [6.45, 7) is 1.95. The molecule has 0 fully saturated rings. The van der Waals surface area contributed by atoms with Crippen LogP contribution in [0.3, 0.4) is 0 Å². The second-order valence-electron chi connectivity index (χ2n) is 2.67. The molecule has 0 aliphatic heterocycles. The molecule has 0 radical (unpaired) electrons. The van der Waals surface area contributed by atoms with Crippen LogP contribution in [-0.2, 0) is 0 Å². The van der Waals surface area contributed by atoms with Crippen molar-refractivity contribution in [1.29, 1.82) is 10.5 Å². The third-order valence-electron chi connectivity index (χ3n) is 1.53. The Labute approximate surface area is 82.1 Å². The van der Waals surface area contributed by atoms with Crippen LogP contribution in [0.25, 0.3) is 0 Å². The minimum atomic E-state index is -0.188. The highest BCUT2D eigenvalue weighted by Crippen LogP contribution is 2.08. The molecule has 0 saturated carbocycles. The van der Waals surface area contributed by atoms with E-state index in [1.54, 1.807) is 12.1 Å². The average Bonchev–Trinajstić information content (AvgIpc) is 2.19. The molecule has 4 heteroatoms. The van der Waals surface area contributed by atoms with Crippen molar-refractivity contribution in [2.45, 2.75) is 6.92 Å². The molecule has 0 heterocycles. The number of hydrazone groups is 1. The number of hydrogen-bond donors (Lipinski definition) is 1. The van der Waals surface area contributed by atoms with Crippen LogP contribution in [-0.4, -0.2) is 5.71 Å². The zero-order valence-corrected chi connectivity index (χ0v) is 7.65. The van der Waals surface area contributed by atoms with Gasteiger partial charge in [-0.15, -0.1) is 0 Å². The van der Waals surface area contributed by atoms with Crippen LogP contribution in [0.4, 0.5) is 5.69 Å². The van der Waals surface area contributed by atoms with Crippen molar-refractivity contribution in [1.82, 2.24) is 0 Å². The summed E-state index contributed by atoms with van der Waals surface area (Å²) in [4.78, 5) is 0. The van der Waals surface area contributed by atoms with Crippen LogP contribution in [0, 0.1) is 29.6 Å². The normalized spacial score (nSPS) is 8.21. The van der Waals surface area contributed by atoms with E-state index in [4.69, 9.17) is 10.5 Å². The number of hydrogen-bond acceptors (Lipinski definition) is 4. The number of rotatable bonds is 2. The lowest BCUT2D eigenvalue weighted by atomic mass is 10.2. The minimum Gasteiger partial charge on any atom is -0.277 e. The molecule has 0 unspecified atom stereocenters. The first-order valence-corrected chi connectivity index (χ1v) is 3.97. The molecule has 1 aromatic carbocycles. The number of nitrogens with one attached hydrogen (secondary N) is 1. The van der Waals surface area contributed by atoms with Crippen LogP contribution in [0.5, 0.6) is 0 Å². The summed E-state index contributed by atoms with van der Waals surface area (Å²) in [6, 6.07) is 10.8. The summed E-state index contributed by atoms with van der Waals surface area (Å²) in [7, 11) is 0. The van der Waals surface area contributed by atoms with Crippen molar-refractivity contribution in [3.8, 4) is 12.1 Å². The molecular formula is C10H8N4. The predicted molar refractivity (Wildman–Crippen MR) is 53.5 cm³/mol. The highest BCUT2D eigenvalue weighted by Gasteiger charge is 1.93. The molecule has 4 nitrogen and oxygen atoms in total. The van der Waals surface area contributed by atoms with Gasteiger partial charge in [-0.25, -0.2) is 0 Å². The van der Waals surface area contributed by atoms with Crippen molar-refractivity contribution in [3.05, 3.63) is 29.8 Å². The van der Waals surface area contributed by atoms with Gasteiger partial charge in [0, 0.05) is 0 Å². The molecule has 1 rings (SSSR count). The van der Waals surface area contributed by atoms with Crippen LogP contribution < -0.4 is 5.43 Å². The van der Waals surface area contributed by atoms with Crippen molar-refractivity contribution in [2.75, 3.05) is 5.43 Å². The number of nitriles is 2. The second-order valence-corrected chi connectivity index (χ2v) is 2.67. The molecule has 0 bridgehead atoms. The standard InChI is InChI=1S/C10H8N4/c1-8-3-2-4-9(5-8)13-14-10(6-11)7-12/h2-5,13H,1H3. The largest absolute Gasteiger partial charge is 0.277 e. The van der Waals surface area contributed by atoms with Crippen LogP contribution in [0.1, 0.15) is 5.56 Å². The van der Waals surface area contributed by atoms with Crippen molar-refractivity contribution >= 4 is 11.4 Å². The molecule has 0 amide bonds. The summed E-state index contributed by atoms with van der Waals surface area (Å²) in [5.74, 6) is 0. The smallest absolute Gasteiger partial charge is 0.237 e. The van der Waals surface area contributed by atoms with Crippen LogP contribution >= 0.6 is 0 Å². The fraction of sp³-hybridized carbons (Fsp3) is 0.100. The topological polar surface area (TPSA) is 72.0 Å². The Kier molecular flexibility index (Phi) is 3.23. The Morgan fingerprint density at radius 2 is 2.07 bits per heavy atom. The van der Waals surface area contributed by atoms with E-state index in [0.29, 0.717) is 0 Å². The van der Waals surface area contributed by atoms with Crippen LogP contribution in [0.2, 0.25) is 0 Å². The van der Waals surface area contributed by atoms with E-state index < -0.39 is 0 Å². The number of anilines is 1. The fourth-order valence-electron chi connectivity index (χ4n) is 0.910. The van der Waals surface area contributed by atoms with Gasteiger partial charge in [0.2, 0.25) is 5.71 Å². The van der Waals surface area contributed by atoms with E-state index in [2.05, 4.69) is 10.5 Å². The Morgan fingerprint density at radius 3 is 2.64 bits per heavy atom. The first-order chi connectivity index (χ1) is 6.76. The van der Waals surface area contributed by atoms with Gasteiger partial charge in [0.25, 0.3) is 0 Å².